The Morgan fingerprint density at radius 2 is 1.95 bits per heavy atom. The molecule has 104 valence electrons. The van der Waals surface area contributed by atoms with Crippen LogP contribution in [-0.2, 0) is 0 Å². The van der Waals surface area contributed by atoms with Crippen LogP contribution >= 0.6 is 0 Å². The number of para-hydroxylation sites is 1. The van der Waals surface area contributed by atoms with Crippen LogP contribution in [0.15, 0.2) is 42.6 Å². The van der Waals surface area contributed by atoms with E-state index in [-0.39, 0.29) is 11.9 Å². The molecule has 0 aliphatic heterocycles. The molecule has 1 aromatic carbocycles. The Bertz CT molecular complexity index is 596. The van der Waals surface area contributed by atoms with Crippen LogP contribution in [0.1, 0.15) is 24.2 Å². The lowest BCUT2D eigenvalue weighted by Crippen LogP contribution is -2.17. The second-order valence-corrected chi connectivity index (χ2v) is 4.67. The summed E-state index contributed by atoms with van der Waals surface area (Å²) < 4.78 is 12.7. The first-order valence-electron chi connectivity index (χ1n) is 6.34. The predicted molar refractivity (Wildman–Crippen MR) is 77.3 cm³/mol. The Hall–Kier alpha value is -2.43. The molecule has 2 aromatic rings. The summed E-state index contributed by atoms with van der Waals surface area (Å²) in [5.74, 6) is -0.841. The average molecular weight is 273 g/mol. The number of benzene rings is 1. The normalized spacial score (nSPS) is 10.4. The largest absolute Gasteiger partial charge is 0.382 e. The summed E-state index contributed by atoms with van der Waals surface area (Å²) in [6, 6.07) is 10.1. The molecule has 1 heterocycles. The number of carbonyl (C=O) groups excluding carboxylic acids is 1. The maximum absolute atomic E-state index is 12.7. The Labute approximate surface area is 117 Å². The summed E-state index contributed by atoms with van der Waals surface area (Å²) in [6.07, 6.45) is 1.28. The lowest BCUT2D eigenvalue weighted by atomic mass is 10.1. The molecule has 0 saturated carbocycles. The molecule has 0 spiro atoms. The van der Waals surface area contributed by atoms with Gasteiger partial charge in [-0.2, -0.15) is 4.39 Å². The van der Waals surface area contributed by atoms with E-state index >= 15 is 0 Å². The molecular formula is C15H16FN3O. The highest BCUT2D eigenvalue weighted by molar-refractivity contribution is 6.07. The molecule has 0 saturated heterocycles. The van der Waals surface area contributed by atoms with E-state index in [1.165, 1.54) is 18.3 Å². The highest BCUT2D eigenvalue weighted by atomic mass is 19.1. The van der Waals surface area contributed by atoms with E-state index in [0.717, 1.165) is 5.69 Å². The van der Waals surface area contributed by atoms with E-state index in [0.29, 0.717) is 11.3 Å². The molecule has 0 radical (unpaired) electrons. The molecule has 1 amide bonds. The molecule has 20 heavy (non-hydrogen) atoms. The van der Waals surface area contributed by atoms with Crippen LogP contribution in [0.3, 0.4) is 0 Å². The minimum atomic E-state index is -0.579. The van der Waals surface area contributed by atoms with E-state index in [1.54, 1.807) is 12.1 Å². The summed E-state index contributed by atoms with van der Waals surface area (Å²) in [5, 5.41) is 5.90. The Kier molecular flexibility index (Phi) is 4.30. The molecule has 0 aliphatic carbocycles. The zero-order valence-corrected chi connectivity index (χ0v) is 11.4. The molecule has 1 aromatic heterocycles. The zero-order valence-electron chi connectivity index (χ0n) is 11.4. The van der Waals surface area contributed by atoms with Gasteiger partial charge in [0.25, 0.3) is 5.91 Å². The summed E-state index contributed by atoms with van der Waals surface area (Å²) in [6.45, 7) is 4.00. The van der Waals surface area contributed by atoms with Crippen LogP contribution in [-0.4, -0.2) is 16.9 Å². The molecule has 4 nitrogen and oxygen atoms in total. The van der Waals surface area contributed by atoms with Gasteiger partial charge in [0.1, 0.15) is 0 Å². The predicted octanol–water partition coefficient (Wildman–Crippen LogP) is 3.29. The third-order valence-corrected chi connectivity index (χ3v) is 2.60. The fourth-order valence-electron chi connectivity index (χ4n) is 1.77. The molecule has 2 rings (SSSR count). The fourth-order valence-corrected chi connectivity index (χ4v) is 1.77. The first kappa shape index (κ1) is 14.0. The Morgan fingerprint density at radius 3 is 2.60 bits per heavy atom. The van der Waals surface area contributed by atoms with Crippen LogP contribution in [0.5, 0.6) is 0 Å². The number of nitrogens with zero attached hydrogens (tertiary/aromatic N) is 1. The van der Waals surface area contributed by atoms with E-state index in [2.05, 4.69) is 15.6 Å². The molecular weight excluding hydrogens is 257 g/mol. The lowest BCUT2D eigenvalue weighted by Gasteiger charge is -2.14. The van der Waals surface area contributed by atoms with Gasteiger partial charge in [0.2, 0.25) is 5.95 Å². The standard InChI is InChI=1S/C15H16FN3O/c1-10(2)18-13-6-4-3-5-12(13)15(20)19-11-7-8-14(16)17-9-11/h3-10,18H,1-2H3,(H,19,20). The van der Waals surface area contributed by atoms with E-state index in [9.17, 15) is 9.18 Å². The van der Waals surface area contributed by atoms with Gasteiger partial charge >= 0.3 is 0 Å². The van der Waals surface area contributed by atoms with Crippen molar-refractivity contribution in [1.29, 1.82) is 0 Å². The number of amides is 1. The minimum absolute atomic E-state index is 0.219. The van der Waals surface area contributed by atoms with Crippen molar-refractivity contribution < 1.29 is 9.18 Å². The van der Waals surface area contributed by atoms with Crippen molar-refractivity contribution in [3.05, 3.63) is 54.1 Å². The molecule has 2 N–H and O–H groups in total. The van der Waals surface area contributed by atoms with E-state index in [1.807, 2.05) is 26.0 Å². The highest BCUT2D eigenvalue weighted by Gasteiger charge is 2.11. The van der Waals surface area contributed by atoms with E-state index < -0.39 is 5.95 Å². The topological polar surface area (TPSA) is 54.0 Å². The van der Waals surface area contributed by atoms with Crippen LogP contribution in [0.4, 0.5) is 15.8 Å². The smallest absolute Gasteiger partial charge is 0.257 e. The lowest BCUT2D eigenvalue weighted by molar-refractivity contribution is 0.102. The maximum atomic E-state index is 12.7. The van der Waals surface area contributed by atoms with Crippen molar-refractivity contribution >= 4 is 17.3 Å². The SMILES string of the molecule is CC(C)Nc1ccccc1C(=O)Nc1ccc(F)nc1. The first-order valence-corrected chi connectivity index (χ1v) is 6.34. The number of anilines is 2. The number of aromatic nitrogens is 1. The van der Waals surface area contributed by atoms with Gasteiger partial charge in [-0.25, -0.2) is 4.98 Å². The van der Waals surface area contributed by atoms with Gasteiger partial charge in [0.05, 0.1) is 17.4 Å². The number of rotatable bonds is 4. The number of pyridine rings is 1. The molecule has 0 aliphatic rings. The summed E-state index contributed by atoms with van der Waals surface area (Å²) in [5.41, 5.74) is 1.75. The van der Waals surface area contributed by atoms with Crippen molar-refractivity contribution in [2.45, 2.75) is 19.9 Å². The second-order valence-electron chi connectivity index (χ2n) is 4.67. The van der Waals surface area contributed by atoms with Crippen molar-refractivity contribution in [2.24, 2.45) is 0 Å². The van der Waals surface area contributed by atoms with Gasteiger partial charge in [-0.1, -0.05) is 12.1 Å². The van der Waals surface area contributed by atoms with Crippen molar-refractivity contribution in [3.63, 3.8) is 0 Å². The molecule has 0 unspecified atom stereocenters. The van der Waals surface area contributed by atoms with Crippen molar-refractivity contribution in [3.8, 4) is 0 Å². The monoisotopic (exact) mass is 273 g/mol. The summed E-state index contributed by atoms with van der Waals surface area (Å²) >= 11 is 0. The van der Waals surface area contributed by atoms with Crippen LogP contribution in [0.25, 0.3) is 0 Å². The number of hydrogen-bond acceptors (Lipinski definition) is 3. The maximum Gasteiger partial charge on any atom is 0.257 e. The average Bonchev–Trinajstić information content (AvgIpc) is 2.41. The van der Waals surface area contributed by atoms with Crippen LogP contribution < -0.4 is 10.6 Å². The second kappa shape index (κ2) is 6.14. The quantitative estimate of drug-likeness (QED) is 0.840. The van der Waals surface area contributed by atoms with Gasteiger partial charge in [0.15, 0.2) is 0 Å². The van der Waals surface area contributed by atoms with E-state index in [4.69, 9.17) is 0 Å². The molecule has 5 heteroatoms. The van der Waals surface area contributed by atoms with Crippen molar-refractivity contribution in [1.82, 2.24) is 4.98 Å². The highest BCUT2D eigenvalue weighted by Crippen LogP contribution is 2.18. The number of carbonyl (C=O) groups is 1. The van der Waals surface area contributed by atoms with Crippen LogP contribution in [0, 0.1) is 5.95 Å². The molecule has 0 atom stereocenters. The fraction of sp³-hybridized carbons (Fsp3) is 0.200. The van der Waals surface area contributed by atoms with Gasteiger partial charge in [0, 0.05) is 11.7 Å². The number of hydrogen-bond donors (Lipinski definition) is 2. The van der Waals surface area contributed by atoms with Crippen LogP contribution in [0.2, 0.25) is 0 Å². The van der Waals surface area contributed by atoms with Gasteiger partial charge in [-0.3, -0.25) is 4.79 Å². The third-order valence-electron chi connectivity index (χ3n) is 2.60. The zero-order chi connectivity index (χ0) is 14.5. The van der Waals surface area contributed by atoms with Gasteiger partial charge < -0.3 is 10.6 Å². The Morgan fingerprint density at radius 1 is 1.20 bits per heavy atom. The minimum Gasteiger partial charge on any atom is -0.382 e. The Balaban J connectivity index is 2.18. The number of halogens is 1. The third kappa shape index (κ3) is 3.54. The van der Waals surface area contributed by atoms with Crippen molar-refractivity contribution in [2.75, 3.05) is 10.6 Å². The summed E-state index contributed by atoms with van der Waals surface area (Å²) in [4.78, 5) is 15.7. The molecule has 0 fully saturated rings. The number of nitrogens with one attached hydrogen (secondary N) is 2. The molecule has 0 bridgehead atoms. The van der Waals surface area contributed by atoms with Gasteiger partial charge in [-0.15, -0.1) is 0 Å². The van der Waals surface area contributed by atoms with Gasteiger partial charge in [-0.05, 0) is 38.1 Å². The summed E-state index contributed by atoms with van der Waals surface area (Å²) in [7, 11) is 0. The first-order chi connectivity index (χ1) is 9.56.